The molecular formula is C34H35F3N6O5. The maximum atomic E-state index is 14.3. The highest BCUT2D eigenvalue weighted by molar-refractivity contribution is 6.04. The number of amides is 3. The van der Waals surface area contributed by atoms with Gasteiger partial charge in [-0.05, 0) is 75.6 Å². The third-order valence-corrected chi connectivity index (χ3v) is 8.27. The fourth-order valence-corrected chi connectivity index (χ4v) is 5.66. The number of benzene rings is 2. The van der Waals surface area contributed by atoms with Gasteiger partial charge in [-0.25, -0.2) is 9.38 Å². The van der Waals surface area contributed by atoms with Crippen molar-refractivity contribution in [2.75, 3.05) is 23.8 Å². The lowest BCUT2D eigenvalue weighted by Crippen LogP contribution is -2.40. The Morgan fingerprint density at radius 1 is 1.08 bits per heavy atom. The number of imidazole rings is 1. The van der Waals surface area contributed by atoms with Crippen LogP contribution >= 0.6 is 0 Å². The molecule has 0 spiro atoms. The van der Waals surface area contributed by atoms with Gasteiger partial charge in [0.15, 0.2) is 0 Å². The molecule has 0 unspecified atom stereocenters. The zero-order valence-corrected chi connectivity index (χ0v) is 26.7. The molecule has 1 fully saturated rings. The number of nitrogens with zero attached hydrogens (tertiary/aromatic N) is 3. The number of hydrogen-bond donors (Lipinski definition) is 3. The van der Waals surface area contributed by atoms with E-state index in [2.05, 4.69) is 22.5 Å². The molecule has 14 heteroatoms. The molecule has 3 N–H and O–H groups in total. The van der Waals surface area contributed by atoms with Crippen molar-refractivity contribution in [3.63, 3.8) is 0 Å². The topological polar surface area (TPSA) is 136 Å². The standard InChI is InChI=1S/C34H35F3N6O5/c1-5-26-30(25-14-9-21(16-27(25)40-28(44)6-2)31(46)39-24-8-7-15-48-18-24)32(47)43-20(4)19(3)42(33(43)41-26)17-29(45)38-23-12-10-22(11-13-23)34(35,36)37/h6,9-14,16,24H,2,5,7-8,15,17-18H2,1,3-4H3,(H,38,45)(H,39,46)(H,40,44)/t24-/m0/s1. The molecule has 2 aromatic carbocycles. The van der Waals surface area contributed by atoms with E-state index in [1.807, 2.05) is 6.92 Å². The highest BCUT2D eigenvalue weighted by Crippen LogP contribution is 2.32. The highest BCUT2D eigenvalue weighted by atomic mass is 19.4. The van der Waals surface area contributed by atoms with Crippen LogP contribution in [0.5, 0.6) is 0 Å². The van der Waals surface area contributed by atoms with Gasteiger partial charge in [-0.2, -0.15) is 13.2 Å². The summed E-state index contributed by atoms with van der Waals surface area (Å²) in [5, 5.41) is 8.26. The van der Waals surface area contributed by atoms with Gasteiger partial charge in [0.05, 0.1) is 29.5 Å². The van der Waals surface area contributed by atoms with E-state index in [4.69, 9.17) is 9.72 Å². The van der Waals surface area contributed by atoms with Gasteiger partial charge in [0.25, 0.3) is 11.5 Å². The van der Waals surface area contributed by atoms with Crippen molar-refractivity contribution >= 4 is 34.9 Å². The molecular weight excluding hydrogens is 629 g/mol. The second-order valence-corrected chi connectivity index (χ2v) is 11.4. The summed E-state index contributed by atoms with van der Waals surface area (Å²) >= 11 is 0. The summed E-state index contributed by atoms with van der Waals surface area (Å²) in [7, 11) is 0. The second kappa shape index (κ2) is 13.9. The number of ether oxygens (including phenoxy) is 1. The van der Waals surface area contributed by atoms with E-state index in [0.717, 1.165) is 31.1 Å². The zero-order valence-electron chi connectivity index (χ0n) is 26.7. The Kier molecular flexibility index (Phi) is 9.85. The highest BCUT2D eigenvalue weighted by Gasteiger charge is 2.30. The summed E-state index contributed by atoms with van der Waals surface area (Å²) in [6, 6.07) is 8.60. The first kappa shape index (κ1) is 34.1. The minimum Gasteiger partial charge on any atom is -0.379 e. The number of nitrogens with one attached hydrogen (secondary N) is 3. The van der Waals surface area contributed by atoms with Crippen LogP contribution in [0.4, 0.5) is 24.5 Å². The Labute approximate surface area is 273 Å². The van der Waals surface area contributed by atoms with Crippen LogP contribution in [0.2, 0.25) is 0 Å². The van der Waals surface area contributed by atoms with Crippen molar-refractivity contribution in [3.05, 3.63) is 93.7 Å². The third-order valence-electron chi connectivity index (χ3n) is 8.27. The van der Waals surface area contributed by atoms with E-state index >= 15 is 0 Å². The SMILES string of the molecule is C=CC(=O)Nc1cc(C(=O)N[C@H]2CCCOC2)ccc1-c1c(CC)nc2n(CC(=O)Nc3ccc(C(F)(F)F)cc3)c(C)c(C)n2c1=O. The predicted molar refractivity (Wildman–Crippen MR) is 174 cm³/mol. The molecule has 5 rings (SSSR count). The van der Waals surface area contributed by atoms with Crippen molar-refractivity contribution in [3.8, 4) is 11.1 Å². The minimum atomic E-state index is -4.50. The largest absolute Gasteiger partial charge is 0.416 e. The number of halogens is 3. The molecule has 11 nitrogen and oxygen atoms in total. The molecule has 0 bridgehead atoms. The number of carbonyl (C=O) groups excluding carboxylic acids is 3. The van der Waals surface area contributed by atoms with E-state index in [1.54, 1.807) is 30.5 Å². The monoisotopic (exact) mass is 664 g/mol. The molecule has 3 heterocycles. The first-order chi connectivity index (χ1) is 22.8. The van der Waals surface area contributed by atoms with Gasteiger partial charge >= 0.3 is 6.18 Å². The van der Waals surface area contributed by atoms with E-state index < -0.39 is 29.1 Å². The van der Waals surface area contributed by atoms with Gasteiger partial charge in [-0.15, -0.1) is 0 Å². The maximum absolute atomic E-state index is 14.3. The summed E-state index contributed by atoms with van der Waals surface area (Å²) in [6.45, 7) is 9.52. The summed E-state index contributed by atoms with van der Waals surface area (Å²) < 4.78 is 47.2. The Balaban J connectivity index is 1.52. The normalized spacial score (nSPS) is 14.8. The maximum Gasteiger partial charge on any atom is 0.416 e. The van der Waals surface area contributed by atoms with Gasteiger partial charge < -0.3 is 25.3 Å². The fourth-order valence-electron chi connectivity index (χ4n) is 5.66. The molecule has 3 amide bonds. The number of carbonyl (C=O) groups is 3. The van der Waals surface area contributed by atoms with Gasteiger partial charge in [-0.3, -0.25) is 19.2 Å². The van der Waals surface area contributed by atoms with Crippen LogP contribution in [-0.4, -0.2) is 50.9 Å². The van der Waals surface area contributed by atoms with Crippen molar-refractivity contribution in [2.24, 2.45) is 0 Å². The number of anilines is 2. The smallest absolute Gasteiger partial charge is 0.379 e. The molecule has 48 heavy (non-hydrogen) atoms. The van der Waals surface area contributed by atoms with Crippen molar-refractivity contribution in [1.29, 1.82) is 0 Å². The van der Waals surface area contributed by atoms with Crippen LogP contribution in [0.3, 0.4) is 0 Å². The Hall–Kier alpha value is -5.24. The van der Waals surface area contributed by atoms with Gasteiger partial charge in [-0.1, -0.05) is 19.6 Å². The summed E-state index contributed by atoms with van der Waals surface area (Å²) in [5.74, 6) is -1.24. The van der Waals surface area contributed by atoms with E-state index in [-0.39, 0.29) is 46.8 Å². The number of aromatic nitrogens is 3. The van der Waals surface area contributed by atoms with Crippen molar-refractivity contribution < 1.29 is 32.3 Å². The number of aryl methyl sites for hydroxylation is 2. The molecule has 0 radical (unpaired) electrons. The zero-order chi connectivity index (χ0) is 34.7. The lowest BCUT2D eigenvalue weighted by atomic mass is 9.99. The molecule has 1 saturated heterocycles. The minimum absolute atomic E-state index is 0.146. The van der Waals surface area contributed by atoms with E-state index in [0.29, 0.717) is 42.3 Å². The summed E-state index contributed by atoms with van der Waals surface area (Å²) in [5.41, 5.74) is 1.38. The molecule has 0 saturated carbocycles. The molecule has 4 aromatic rings. The average molecular weight is 665 g/mol. The predicted octanol–water partition coefficient (Wildman–Crippen LogP) is 5.03. The summed E-state index contributed by atoms with van der Waals surface area (Å²) in [4.78, 5) is 57.7. The quantitative estimate of drug-likeness (QED) is 0.215. The number of fused-ring (bicyclic) bond motifs is 1. The number of hydrogen-bond acceptors (Lipinski definition) is 6. The summed E-state index contributed by atoms with van der Waals surface area (Å²) in [6.07, 6.45) is -1.51. The fraction of sp³-hybridized carbons (Fsp3) is 0.324. The number of rotatable bonds is 9. The first-order valence-electron chi connectivity index (χ1n) is 15.4. The van der Waals surface area contributed by atoms with Crippen LogP contribution < -0.4 is 21.5 Å². The molecule has 1 aliphatic heterocycles. The van der Waals surface area contributed by atoms with Gasteiger partial charge in [0.1, 0.15) is 6.54 Å². The van der Waals surface area contributed by atoms with Crippen LogP contribution in [-0.2, 0) is 33.5 Å². The van der Waals surface area contributed by atoms with Crippen LogP contribution in [0.1, 0.15) is 52.8 Å². The lowest BCUT2D eigenvalue weighted by molar-refractivity contribution is -0.137. The third kappa shape index (κ3) is 7.03. The molecule has 1 aliphatic rings. The van der Waals surface area contributed by atoms with Crippen molar-refractivity contribution in [1.82, 2.24) is 19.3 Å². The molecule has 252 valence electrons. The molecule has 2 aromatic heterocycles. The van der Waals surface area contributed by atoms with Crippen LogP contribution in [0, 0.1) is 13.8 Å². The van der Waals surface area contributed by atoms with E-state index in [1.165, 1.54) is 22.6 Å². The van der Waals surface area contributed by atoms with Crippen molar-refractivity contribution in [2.45, 2.75) is 58.8 Å². The van der Waals surface area contributed by atoms with E-state index in [9.17, 15) is 32.3 Å². The molecule has 1 atom stereocenters. The molecule has 0 aliphatic carbocycles. The Morgan fingerprint density at radius 3 is 2.44 bits per heavy atom. The van der Waals surface area contributed by atoms with Crippen LogP contribution in [0.25, 0.3) is 16.9 Å². The average Bonchev–Trinajstić information content (AvgIpc) is 3.29. The number of alkyl halides is 3. The van der Waals surface area contributed by atoms with Crippen LogP contribution in [0.15, 0.2) is 59.9 Å². The Morgan fingerprint density at radius 2 is 1.81 bits per heavy atom. The Bertz CT molecular complexity index is 1960. The van der Waals surface area contributed by atoms with Gasteiger partial charge in [0, 0.05) is 40.5 Å². The second-order valence-electron chi connectivity index (χ2n) is 11.4. The lowest BCUT2D eigenvalue weighted by Gasteiger charge is -2.23. The van der Waals surface area contributed by atoms with Gasteiger partial charge in [0.2, 0.25) is 17.6 Å². The first-order valence-corrected chi connectivity index (χ1v) is 15.4.